The van der Waals surface area contributed by atoms with E-state index in [4.69, 9.17) is 10.5 Å². The van der Waals surface area contributed by atoms with Crippen molar-refractivity contribution in [3.63, 3.8) is 0 Å². The summed E-state index contributed by atoms with van der Waals surface area (Å²) in [7, 11) is 0. The van der Waals surface area contributed by atoms with E-state index < -0.39 is 0 Å². The molecule has 0 aromatic carbocycles. The largest absolute Gasteiger partial charge is 0.381 e. The summed E-state index contributed by atoms with van der Waals surface area (Å²) in [4.78, 5) is 11.5. The Hall–Kier alpha value is -0.320. The van der Waals surface area contributed by atoms with E-state index in [1.807, 2.05) is 0 Å². The van der Waals surface area contributed by atoms with Crippen molar-refractivity contribution in [2.24, 2.45) is 11.7 Å². The summed E-state index contributed by atoms with van der Waals surface area (Å²) in [5, 5.41) is 2.88. The minimum atomic E-state index is 0. The number of hydrogen-bond acceptors (Lipinski definition) is 3. The van der Waals surface area contributed by atoms with Gasteiger partial charge >= 0.3 is 0 Å². The molecule has 0 aromatic rings. The maximum atomic E-state index is 11.5. The maximum Gasteiger partial charge on any atom is 0.223 e. The van der Waals surface area contributed by atoms with Gasteiger partial charge in [0.05, 0.1) is 0 Å². The molecule has 5 heteroatoms. The molecule has 1 amide bonds. The van der Waals surface area contributed by atoms with Crippen LogP contribution >= 0.6 is 12.4 Å². The number of nitrogens with one attached hydrogen (secondary N) is 1. The molecule has 0 spiro atoms. The van der Waals surface area contributed by atoms with Crippen LogP contribution < -0.4 is 11.1 Å². The normalized spacial score (nSPS) is 17.2. The van der Waals surface area contributed by atoms with E-state index in [0.717, 1.165) is 32.5 Å². The Morgan fingerprint density at radius 3 is 2.64 bits per heavy atom. The van der Waals surface area contributed by atoms with Crippen LogP contribution in [0.4, 0.5) is 0 Å². The van der Waals surface area contributed by atoms with Crippen molar-refractivity contribution in [1.82, 2.24) is 5.32 Å². The number of carbonyl (C=O) groups excluding carboxylic acids is 1. The van der Waals surface area contributed by atoms with Gasteiger partial charge in [0.25, 0.3) is 0 Å². The zero-order valence-corrected chi connectivity index (χ0v) is 9.15. The van der Waals surface area contributed by atoms with Crippen LogP contribution in [0.2, 0.25) is 0 Å². The molecule has 3 N–H and O–H groups in total. The molecule has 0 aliphatic carbocycles. The average molecular weight is 223 g/mol. The van der Waals surface area contributed by atoms with Crippen molar-refractivity contribution >= 4 is 18.3 Å². The van der Waals surface area contributed by atoms with Crippen LogP contribution in [0.25, 0.3) is 0 Å². The second-order valence-corrected chi connectivity index (χ2v) is 3.32. The highest BCUT2D eigenvalue weighted by Gasteiger charge is 2.20. The Labute approximate surface area is 91.0 Å². The highest BCUT2D eigenvalue weighted by molar-refractivity contribution is 5.85. The van der Waals surface area contributed by atoms with E-state index in [1.165, 1.54) is 0 Å². The number of halogens is 1. The van der Waals surface area contributed by atoms with Crippen LogP contribution in [0.3, 0.4) is 0 Å². The molecule has 1 aliphatic heterocycles. The Kier molecular flexibility index (Phi) is 7.84. The van der Waals surface area contributed by atoms with E-state index >= 15 is 0 Å². The van der Waals surface area contributed by atoms with E-state index in [2.05, 4.69) is 5.32 Å². The smallest absolute Gasteiger partial charge is 0.223 e. The first-order valence-electron chi connectivity index (χ1n) is 4.90. The summed E-state index contributed by atoms with van der Waals surface area (Å²) in [5.41, 5.74) is 5.32. The third-order valence-corrected chi connectivity index (χ3v) is 2.27. The molecule has 0 radical (unpaired) electrons. The van der Waals surface area contributed by atoms with Crippen LogP contribution in [0, 0.1) is 5.92 Å². The Morgan fingerprint density at radius 2 is 2.07 bits per heavy atom. The standard InChI is InChI=1S/C9H18N2O2.ClH/c10-4-1-5-11-9(12)8-2-6-13-7-3-8;/h8H,1-7,10H2,(H,11,12);1H. The van der Waals surface area contributed by atoms with E-state index in [0.29, 0.717) is 13.1 Å². The summed E-state index contributed by atoms with van der Waals surface area (Å²) in [5.74, 6) is 0.322. The van der Waals surface area contributed by atoms with Crippen molar-refractivity contribution in [2.75, 3.05) is 26.3 Å². The van der Waals surface area contributed by atoms with Crippen LogP contribution in [0.5, 0.6) is 0 Å². The second kappa shape index (κ2) is 8.03. The number of hydrogen-bond donors (Lipinski definition) is 2. The van der Waals surface area contributed by atoms with E-state index in [-0.39, 0.29) is 24.2 Å². The maximum absolute atomic E-state index is 11.5. The lowest BCUT2D eigenvalue weighted by molar-refractivity contribution is -0.127. The third kappa shape index (κ3) is 4.79. The van der Waals surface area contributed by atoms with Gasteiger partial charge in [0.15, 0.2) is 0 Å². The molecule has 1 rings (SSSR count). The topological polar surface area (TPSA) is 64.3 Å². The van der Waals surface area contributed by atoms with Gasteiger partial charge in [-0.1, -0.05) is 0 Å². The molecule has 1 aliphatic rings. The molecular weight excluding hydrogens is 204 g/mol. The zero-order chi connectivity index (χ0) is 9.52. The number of nitrogens with two attached hydrogens (primary N) is 1. The molecular formula is C9H19ClN2O2. The summed E-state index contributed by atoms with van der Waals surface area (Å²) < 4.78 is 5.18. The van der Waals surface area contributed by atoms with Gasteiger partial charge in [0.2, 0.25) is 5.91 Å². The summed E-state index contributed by atoms with van der Waals surface area (Å²) >= 11 is 0. The van der Waals surface area contributed by atoms with Crippen LogP contribution in [-0.4, -0.2) is 32.2 Å². The quantitative estimate of drug-likeness (QED) is 0.673. The predicted octanol–water partition coefficient (Wildman–Crippen LogP) is 0.300. The monoisotopic (exact) mass is 222 g/mol. The number of rotatable bonds is 4. The molecule has 0 unspecified atom stereocenters. The minimum absolute atomic E-state index is 0. The van der Waals surface area contributed by atoms with Gasteiger partial charge < -0.3 is 15.8 Å². The molecule has 4 nitrogen and oxygen atoms in total. The fourth-order valence-corrected chi connectivity index (χ4v) is 1.42. The van der Waals surface area contributed by atoms with E-state index in [1.54, 1.807) is 0 Å². The van der Waals surface area contributed by atoms with Gasteiger partial charge in [-0.25, -0.2) is 0 Å². The minimum Gasteiger partial charge on any atom is -0.381 e. The lowest BCUT2D eigenvalue weighted by Gasteiger charge is -2.21. The zero-order valence-electron chi connectivity index (χ0n) is 8.33. The van der Waals surface area contributed by atoms with Crippen molar-refractivity contribution in [3.8, 4) is 0 Å². The Balaban J connectivity index is 0.00000169. The number of ether oxygens (including phenoxy) is 1. The van der Waals surface area contributed by atoms with Crippen molar-refractivity contribution in [3.05, 3.63) is 0 Å². The van der Waals surface area contributed by atoms with Gasteiger partial charge in [-0.05, 0) is 25.8 Å². The Morgan fingerprint density at radius 1 is 1.43 bits per heavy atom. The number of carbonyl (C=O) groups is 1. The van der Waals surface area contributed by atoms with Crippen molar-refractivity contribution in [1.29, 1.82) is 0 Å². The first kappa shape index (κ1) is 13.7. The van der Waals surface area contributed by atoms with Gasteiger partial charge in [-0.15, -0.1) is 12.4 Å². The van der Waals surface area contributed by atoms with Crippen LogP contribution in [0.15, 0.2) is 0 Å². The second-order valence-electron chi connectivity index (χ2n) is 3.32. The third-order valence-electron chi connectivity index (χ3n) is 2.27. The van der Waals surface area contributed by atoms with Crippen molar-refractivity contribution < 1.29 is 9.53 Å². The molecule has 0 atom stereocenters. The molecule has 84 valence electrons. The Bertz CT molecular complexity index is 161. The van der Waals surface area contributed by atoms with Crippen LogP contribution in [-0.2, 0) is 9.53 Å². The predicted molar refractivity (Wildman–Crippen MR) is 57.5 cm³/mol. The molecule has 14 heavy (non-hydrogen) atoms. The van der Waals surface area contributed by atoms with Gasteiger partial charge in [0, 0.05) is 25.7 Å². The molecule has 1 heterocycles. The molecule has 0 bridgehead atoms. The highest BCUT2D eigenvalue weighted by atomic mass is 35.5. The summed E-state index contributed by atoms with van der Waals surface area (Å²) in [6, 6.07) is 0. The highest BCUT2D eigenvalue weighted by Crippen LogP contribution is 2.14. The molecule has 1 saturated heterocycles. The summed E-state index contributed by atoms with van der Waals surface area (Å²) in [6.45, 7) is 2.77. The van der Waals surface area contributed by atoms with Gasteiger partial charge in [-0.2, -0.15) is 0 Å². The van der Waals surface area contributed by atoms with Gasteiger partial charge in [-0.3, -0.25) is 4.79 Å². The van der Waals surface area contributed by atoms with E-state index in [9.17, 15) is 4.79 Å². The first-order chi connectivity index (χ1) is 6.34. The first-order valence-corrected chi connectivity index (χ1v) is 4.90. The lowest BCUT2D eigenvalue weighted by Crippen LogP contribution is -2.35. The van der Waals surface area contributed by atoms with Gasteiger partial charge in [0.1, 0.15) is 0 Å². The fraction of sp³-hybridized carbons (Fsp3) is 0.889. The number of amides is 1. The van der Waals surface area contributed by atoms with Crippen LogP contribution in [0.1, 0.15) is 19.3 Å². The molecule has 0 saturated carbocycles. The average Bonchev–Trinajstić information content (AvgIpc) is 2.19. The SMILES string of the molecule is Cl.NCCCNC(=O)C1CCOCC1. The fourth-order valence-electron chi connectivity index (χ4n) is 1.42. The molecule has 0 aromatic heterocycles. The van der Waals surface area contributed by atoms with Crippen molar-refractivity contribution in [2.45, 2.75) is 19.3 Å². The summed E-state index contributed by atoms with van der Waals surface area (Å²) in [6.07, 6.45) is 2.57. The molecule has 1 fully saturated rings. The lowest BCUT2D eigenvalue weighted by atomic mass is 9.99.